The Labute approximate surface area is 87.9 Å². The third-order valence-electron chi connectivity index (χ3n) is 3.76. The lowest BCUT2D eigenvalue weighted by Gasteiger charge is -2.41. The maximum atomic E-state index is 9.89. The van der Waals surface area contributed by atoms with Crippen LogP contribution in [0.1, 0.15) is 40.0 Å². The summed E-state index contributed by atoms with van der Waals surface area (Å²) in [6.45, 7) is 7.37. The Bertz CT molecular complexity index is 144. The smallest absolute Gasteiger partial charge is 0.0571 e. The fourth-order valence-corrected chi connectivity index (χ4v) is 2.60. The van der Waals surface area contributed by atoms with Gasteiger partial charge < -0.3 is 16.6 Å². The molecule has 0 amide bonds. The molecule has 0 aromatic carbocycles. The van der Waals surface area contributed by atoms with E-state index < -0.39 is 0 Å². The van der Waals surface area contributed by atoms with Crippen LogP contribution in [0.4, 0.5) is 0 Å². The van der Waals surface area contributed by atoms with Crippen LogP contribution < -0.4 is 11.5 Å². The second-order valence-corrected chi connectivity index (χ2v) is 4.13. The Kier molecular flexibility index (Phi) is 6.33. The summed E-state index contributed by atoms with van der Waals surface area (Å²) >= 11 is 0. The Morgan fingerprint density at radius 2 is 1.71 bits per heavy atom. The minimum Gasteiger partial charge on any atom is -0.393 e. The van der Waals surface area contributed by atoms with Gasteiger partial charge in [-0.1, -0.05) is 13.8 Å². The third kappa shape index (κ3) is 2.69. The first kappa shape index (κ1) is 13.9. The van der Waals surface area contributed by atoms with Gasteiger partial charge in [0.15, 0.2) is 0 Å². The van der Waals surface area contributed by atoms with Crippen LogP contribution in [0.3, 0.4) is 0 Å². The maximum absolute atomic E-state index is 9.89. The SMILES string of the molecule is CCC(CC)(C(C)O)C(CN)CCN. The van der Waals surface area contributed by atoms with Gasteiger partial charge >= 0.3 is 0 Å². The van der Waals surface area contributed by atoms with Crippen molar-refractivity contribution >= 4 is 0 Å². The number of nitrogens with two attached hydrogens (primary N) is 2. The van der Waals surface area contributed by atoms with Gasteiger partial charge in [0, 0.05) is 0 Å². The monoisotopic (exact) mass is 202 g/mol. The lowest BCUT2D eigenvalue weighted by atomic mass is 9.66. The zero-order valence-electron chi connectivity index (χ0n) is 9.79. The van der Waals surface area contributed by atoms with Crippen LogP contribution in [-0.2, 0) is 0 Å². The van der Waals surface area contributed by atoms with Crippen molar-refractivity contribution in [3.05, 3.63) is 0 Å². The first-order valence-electron chi connectivity index (χ1n) is 5.67. The lowest BCUT2D eigenvalue weighted by molar-refractivity contribution is -0.0160. The molecule has 0 aliphatic heterocycles. The van der Waals surface area contributed by atoms with Crippen LogP contribution in [0.5, 0.6) is 0 Å². The predicted octanol–water partition coefficient (Wildman–Crippen LogP) is 1.10. The minimum atomic E-state index is -0.308. The fraction of sp³-hybridized carbons (Fsp3) is 1.00. The first-order chi connectivity index (χ1) is 6.58. The Morgan fingerprint density at radius 1 is 1.21 bits per heavy atom. The van der Waals surface area contributed by atoms with Gasteiger partial charge in [-0.2, -0.15) is 0 Å². The Morgan fingerprint density at radius 3 is 1.93 bits per heavy atom. The maximum Gasteiger partial charge on any atom is 0.0571 e. The van der Waals surface area contributed by atoms with E-state index in [1.165, 1.54) is 0 Å². The summed E-state index contributed by atoms with van der Waals surface area (Å²) in [5.41, 5.74) is 11.3. The van der Waals surface area contributed by atoms with E-state index in [2.05, 4.69) is 13.8 Å². The van der Waals surface area contributed by atoms with E-state index in [0.717, 1.165) is 19.3 Å². The third-order valence-corrected chi connectivity index (χ3v) is 3.76. The predicted molar refractivity (Wildman–Crippen MR) is 60.9 cm³/mol. The molecule has 86 valence electrons. The molecule has 0 bridgehead atoms. The summed E-state index contributed by atoms with van der Waals surface area (Å²) in [4.78, 5) is 0. The molecule has 2 atom stereocenters. The number of rotatable bonds is 7. The second-order valence-electron chi connectivity index (χ2n) is 4.13. The van der Waals surface area contributed by atoms with Crippen LogP contribution >= 0.6 is 0 Å². The summed E-state index contributed by atoms with van der Waals surface area (Å²) in [5.74, 6) is 0.336. The summed E-state index contributed by atoms with van der Waals surface area (Å²) in [6, 6.07) is 0. The van der Waals surface area contributed by atoms with E-state index in [-0.39, 0.29) is 11.5 Å². The highest BCUT2D eigenvalue weighted by Crippen LogP contribution is 2.40. The van der Waals surface area contributed by atoms with E-state index in [4.69, 9.17) is 11.5 Å². The van der Waals surface area contributed by atoms with Crippen molar-refractivity contribution in [2.45, 2.75) is 46.1 Å². The summed E-state index contributed by atoms with van der Waals surface area (Å²) < 4.78 is 0. The first-order valence-corrected chi connectivity index (χ1v) is 5.67. The molecule has 0 radical (unpaired) electrons. The van der Waals surface area contributed by atoms with Gasteiger partial charge in [0.25, 0.3) is 0 Å². The molecular weight excluding hydrogens is 176 g/mol. The number of hydrogen-bond acceptors (Lipinski definition) is 3. The molecule has 0 spiro atoms. The van der Waals surface area contributed by atoms with Gasteiger partial charge in [-0.05, 0) is 50.6 Å². The molecule has 0 saturated heterocycles. The van der Waals surface area contributed by atoms with Crippen LogP contribution in [0.2, 0.25) is 0 Å². The standard InChI is InChI=1S/C11H26N2O/c1-4-11(5-2,9(3)14)10(8-13)6-7-12/h9-10,14H,4-8,12-13H2,1-3H3. The van der Waals surface area contributed by atoms with Crippen molar-refractivity contribution in [3.8, 4) is 0 Å². The van der Waals surface area contributed by atoms with Crippen LogP contribution in [0.25, 0.3) is 0 Å². The molecule has 5 N–H and O–H groups in total. The van der Waals surface area contributed by atoms with Gasteiger partial charge in [0.2, 0.25) is 0 Å². The van der Waals surface area contributed by atoms with E-state index in [1.807, 2.05) is 6.92 Å². The van der Waals surface area contributed by atoms with Crippen molar-refractivity contribution in [3.63, 3.8) is 0 Å². The summed E-state index contributed by atoms with van der Waals surface area (Å²) in [7, 11) is 0. The molecule has 0 aromatic heterocycles. The van der Waals surface area contributed by atoms with Crippen molar-refractivity contribution < 1.29 is 5.11 Å². The van der Waals surface area contributed by atoms with Gasteiger partial charge in [-0.3, -0.25) is 0 Å². The quantitative estimate of drug-likeness (QED) is 0.579. The Hall–Kier alpha value is -0.120. The molecule has 3 heteroatoms. The van der Waals surface area contributed by atoms with Gasteiger partial charge in [-0.15, -0.1) is 0 Å². The molecule has 14 heavy (non-hydrogen) atoms. The van der Waals surface area contributed by atoms with Crippen molar-refractivity contribution in [2.24, 2.45) is 22.8 Å². The highest BCUT2D eigenvalue weighted by molar-refractivity contribution is 4.89. The summed E-state index contributed by atoms with van der Waals surface area (Å²) in [5, 5.41) is 9.89. The van der Waals surface area contributed by atoms with Gasteiger partial charge in [-0.25, -0.2) is 0 Å². The van der Waals surface area contributed by atoms with Crippen molar-refractivity contribution in [1.82, 2.24) is 0 Å². The number of aliphatic hydroxyl groups is 1. The molecule has 0 fully saturated rings. The molecule has 0 aliphatic rings. The van der Waals surface area contributed by atoms with E-state index in [1.54, 1.807) is 0 Å². The molecule has 0 rings (SSSR count). The van der Waals surface area contributed by atoms with Crippen LogP contribution in [-0.4, -0.2) is 24.3 Å². The van der Waals surface area contributed by atoms with Crippen molar-refractivity contribution in [2.75, 3.05) is 13.1 Å². The van der Waals surface area contributed by atoms with Gasteiger partial charge in [0.05, 0.1) is 6.10 Å². The normalized spacial score (nSPS) is 16.7. The molecule has 0 aliphatic carbocycles. The van der Waals surface area contributed by atoms with Crippen molar-refractivity contribution in [1.29, 1.82) is 0 Å². The Balaban J connectivity index is 4.73. The van der Waals surface area contributed by atoms with Gasteiger partial charge in [0.1, 0.15) is 0 Å². The largest absolute Gasteiger partial charge is 0.393 e. The zero-order chi connectivity index (χ0) is 11.2. The number of aliphatic hydroxyl groups excluding tert-OH is 1. The van der Waals surface area contributed by atoms with Crippen LogP contribution in [0.15, 0.2) is 0 Å². The molecule has 0 aromatic rings. The molecular formula is C11H26N2O. The minimum absolute atomic E-state index is 0.0475. The average Bonchev–Trinajstić information content (AvgIpc) is 2.18. The molecule has 3 nitrogen and oxygen atoms in total. The average molecular weight is 202 g/mol. The van der Waals surface area contributed by atoms with E-state index in [9.17, 15) is 5.11 Å². The fourth-order valence-electron chi connectivity index (χ4n) is 2.60. The summed E-state index contributed by atoms with van der Waals surface area (Å²) in [6.07, 6.45) is 2.52. The highest BCUT2D eigenvalue weighted by Gasteiger charge is 2.38. The molecule has 0 saturated carbocycles. The highest BCUT2D eigenvalue weighted by atomic mass is 16.3. The van der Waals surface area contributed by atoms with E-state index >= 15 is 0 Å². The zero-order valence-corrected chi connectivity index (χ0v) is 9.79. The van der Waals surface area contributed by atoms with Crippen LogP contribution in [0, 0.1) is 11.3 Å². The number of hydrogen-bond donors (Lipinski definition) is 3. The molecule has 0 heterocycles. The second kappa shape index (κ2) is 6.38. The lowest BCUT2D eigenvalue weighted by Crippen LogP contribution is -2.43. The molecule has 2 unspecified atom stereocenters. The van der Waals surface area contributed by atoms with E-state index in [0.29, 0.717) is 19.0 Å². The topological polar surface area (TPSA) is 72.3 Å².